The summed E-state index contributed by atoms with van der Waals surface area (Å²) < 4.78 is 127. The summed E-state index contributed by atoms with van der Waals surface area (Å²) in [7, 11) is 0. The molecule has 0 spiro atoms. The number of alkyl halides is 9. The maximum absolute atomic E-state index is 13.6. The van der Waals surface area contributed by atoms with Crippen LogP contribution in [0, 0.1) is 0 Å². The average molecular weight is 600 g/mol. The largest absolute Gasteiger partial charge is 0.490 e. The number of ether oxygens (including phenoxy) is 1. The molecule has 42 heavy (non-hydrogen) atoms. The van der Waals surface area contributed by atoms with Crippen LogP contribution in [-0.4, -0.2) is 17.1 Å². The molecule has 1 aliphatic rings. The SMILES string of the molecule is O=C(NCc1cc(C(F)(F)F)cc(C(F)(F)F)c1)c1c(-c2cccc(C(F)(F)F)c2)c2cccc3c2n(c1=O)CCO3. The van der Waals surface area contributed by atoms with Gasteiger partial charge < -0.3 is 14.6 Å². The smallest absolute Gasteiger partial charge is 0.416 e. The minimum atomic E-state index is -5.13. The first kappa shape index (κ1) is 29.0. The third-order valence-corrected chi connectivity index (χ3v) is 6.63. The highest BCUT2D eigenvalue weighted by molar-refractivity contribution is 6.10. The van der Waals surface area contributed by atoms with E-state index in [1.165, 1.54) is 28.8 Å². The number of pyridine rings is 1. The van der Waals surface area contributed by atoms with Gasteiger partial charge in [0.1, 0.15) is 17.9 Å². The molecule has 0 fully saturated rings. The number of carbonyl (C=O) groups excluding carboxylic acids is 1. The van der Waals surface area contributed by atoms with Crippen molar-refractivity contribution in [2.75, 3.05) is 6.61 Å². The maximum atomic E-state index is 13.6. The third-order valence-electron chi connectivity index (χ3n) is 6.63. The number of amides is 1. The zero-order valence-electron chi connectivity index (χ0n) is 21.0. The Bertz CT molecular complexity index is 1740. The first-order valence-corrected chi connectivity index (χ1v) is 12.1. The van der Waals surface area contributed by atoms with Gasteiger partial charge in [-0.25, -0.2) is 0 Å². The molecule has 0 bridgehead atoms. The van der Waals surface area contributed by atoms with Crippen LogP contribution in [0.2, 0.25) is 0 Å². The second-order valence-corrected chi connectivity index (χ2v) is 9.38. The number of carbonyl (C=O) groups is 1. The van der Waals surface area contributed by atoms with Crippen LogP contribution in [-0.2, 0) is 31.6 Å². The summed E-state index contributed by atoms with van der Waals surface area (Å²) in [6.45, 7) is -0.854. The molecule has 5 nitrogen and oxygen atoms in total. The van der Waals surface area contributed by atoms with Crippen LogP contribution in [0.3, 0.4) is 0 Å². The van der Waals surface area contributed by atoms with E-state index in [1.54, 1.807) is 0 Å². The molecule has 0 saturated heterocycles. The van der Waals surface area contributed by atoms with E-state index in [0.29, 0.717) is 12.1 Å². The van der Waals surface area contributed by atoms with Gasteiger partial charge in [0.25, 0.3) is 11.5 Å². The maximum Gasteiger partial charge on any atom is 0.416 e. The summed E-state index contributed by atoms with van der Waals surface area (Å²) >= 11 is 0. The van der Waals surface area contributed by atoms with E-state index >= 15 is 0 Å². The quantitative estimate of drug-likeness (QED) is 0.256. The first-order chi connectivity index (χ1) is 19.6. The van der Waals surface area contributed by atoms with Crippen molar-refractivity contribution in [2.45, 2.75) is 31.6 Å². The zero-order valence-corrected chi connectivity index (χ0v) is 21.0. The molecule has 1 N–H and O–H groups in total. The molecule has 2 heterocycles. The van der Waals surface area contributed by atoms with E-state index in [2.05, 4.69) is 5.32 Å². The van der Waals surface area contributed by atoms with Gasteiger partial charge in [0.15, 0.2) is 0 Å². The number of hydrogen-bond acceptors (Lipinski definition) is 3. The van der Waals surface area contributed by atoms with E-state index in [1.807, 2.05) is 0 Å². The molecule has 0 radical (unpaired) electrons. The molecule has 1 amide bonds. The molecule has 3 aromatic carbocycles. The van der Waals surface area contributed by atoms with Crippen LogP contribution >= 0.6 is 0 Å². The van der Waals surface area contributed by atoms with Crippen LogP contribution in [0.15, 0.2) is 65.5 Å². The third kappa shape index (κ3) is 5.40. The van der Waals surface area contributed by atoms with Crippen molar-refractivity contribution in [2.24, 2.45) is 0 Å². The Kier molecular flexibility index (Phi) is 6.98. The van der Waals surface area contributed by atoms with Gasteiger partial charge in [0.2, 0.25) is 0 Å². The fourth-order valence-corrected chi connectivity index (χ4v) is 4.81. The predicted octanol–water partition coefficient (Wildman–Crippen LogP) is 7.05. The van der Waals surface area contributed by atoms with Gasteiger partial charge in [0, 0.05) is 17.5 Å². The number of rotatable bonds is 4. The average Bonchev–Trinajstić information content (AvgIpc) is 2.92. The number of halogens is 9. The Balaban J connectivity index is 1.66. The Morgan fingerprint density at radius 2 is 1.43 bits per heavy atom. The van der Waals surface area contributed by atoms with Crippen molar-refractivity contribution < 1.29 is 49.0 Å². The van der Waals surface area contributed by atoms with Crippen LogP contribution in [0.1, 0.15) is 32.6 Å². The molecule has 14 heteroatoms. The highest BCUT2D eigenvalue weighted by Gasteiger charge is 2.37. The zero-order chi connectivity index (χ0) is 30.6. The first-order valence-electron chi connectivity index (χ1n) is 12.1. The fourth-order valence-electron chi connectivity index (χ4n) is 4.81. The molecule has 0 aliphatic carbocycles. The van der Waals surface area contributed by atoms with E-state index in [0.717, 1.165) is 18.2 Å². The minimum absolute atomic E-state index is 0.0282. The van der Waals surface area contributed by atoms with E-state index in [9.17, 15) is 49.1 Å². The summed E-state index contributed by atoms with van der Waals surface area (Å²) in [5.74, 6) is -0.972. The molecule has 0 saturated carbocycles. The highest BCUT2D eigenvalue weighted by Crippen LogP contribution is 2.39. The lowest BCUT2D eigenvalue weighted by molar-refractivity contribution is -0.143. The van der Waals surface area contributed by atoms with Gasteiger partial charge in [-0.15, -0.1) is 0 Å². The molecular weight excluding hydrogens is 583 g/mol. The van der Waals surface area contributed by atoms with Gasteiger partial charge in [0.05, 0.1) is 28.8 Å². The number of hydrogen-bond donors (Lipinski definition) is 1. The lowest BCUT2D eigenvalue weighted by Crippen LogP contribution is -2.36. The van der Waals surface area contributed by atoms with Crippen molar-refractivity contribution in [3.8, 4) is 16.9 Å². The van der Waals surface area contributed by atoms with E-state index < -0.39 is 64.4 Å². The number of nitrogens with zero attached hydrogens (tertiary/aromatic N) is 1. The van der Waals surface area contributed by atoms with Gasteiger partial charge in [-0.1, -0.05) is 24.3 Å². The fraction of sp³-hybridized carbons (Fsp3) is 0.214. The highest BCUT2D eigenvalue weighted by atomic mass is 19.4. The van der Waals surface area contributed by atoms with Crippen molar-refractivity contribution >= 4 is 16.8 Å². The Morgan fingerprint density at radius 3 is 2.05 bits per heavy atom. The van der Waals surface area contributed by atoms with Gasteiger partial charge in [-0.3, -0.25) is 9.59 Å². The van der Waals surface area contributed by atoms with Gasteiger partial charge in [-0.05, 0) is 47.5 Å². The molecule has 5 rings (SSSR count). The second kappa shape index (κ2) is 10.1. The molecular formula is C28H17F9N2O3. The summed E-state index contributed by atoms with van der Waals surface area (Å²) in [4.78, 5) is 27.1. The molecule has 4 aromatic rings. The normalized spacial score (nSPS) is 13.6. The number of nitrogens with one attached hydrogen (secondary N) is 1. The van der Waals surface area contributed by atoms with Crippen molar-refractivity contribution in [3.63, 3.8) is 0 Å². The van der Waals surface area contributed by atoms with Crippen molar-refractivity contribution in [3.05, 3.63) is 98.8 Å². The Morgan fingerprint density at radius 1 is 0.810 bits per heavy atom. The summed E-state index contributed by atoms with van der Waals surface area (Å²) in [5, 5.41) is 2.35. The number of aromatic nitrogens is 1. The van der Waals surface area contributed by atoms with Crippen LogP contribution in [0.25, 0.3) is 22.0 Å². The Labute approximate surface area is 230 Å². The van der Waals surface area contributed by atoms with E-state index in [4.69, 9.17) is 4.74 Å². The molecule has 220 valence electrons. The Hall–Kier alpha value is -4.49. The summed E-state index contributed by atoms with van der Waals surface area (Å²) in [6.07, 6.45) is -15.0. The molecule has 1 aliphatic heterocycles. The van der Waals surface area contributed by atoms with E-state index in [-0.39, 0.29) is 47.0 Å². The summed E-state index contributed by atoms with van der Waals surface area (Å²) in [5.41, 5.74) is -6.57. The van der Waals surface area contributed by atoms with Crippen molar-refractivity contribution in [1.82, 2.24) is 9.88 Å². The van der Waals surface area contributed by atoms with Gasteiger partial charge >= 0.3 is 18.5 Å². The number of benzene rings is 3. The van der Waals surface area contributed by atoms with Crippen LogP contribution in [0.5, 0.6) is 5.75 Å². The second-order valence-electron chi connectivity index (χ2n) is 9.38. The summed E-state index contributed by atoms with van der Waals surface area (Å²) in [6, 6.07) is 9.09. The molecule has 0 unspecified atom stereocenters. The van der Waals surface area contributed by atoms with Crippen molar-refractivity contribution in [1.29, 1.82) is 0 Å². The molecule has 0 atom stereocenters. The standard InChI is InChI=1S/C28H17F9N2O3/c29-26(30,31)16-4-1-3-15(11-16)21-19-5-2-6-20-23(19)39(7-8-42-20)25(41)22(21)24(40)38-13-14-9-17(27(32,33)34)12-18(10-14)28(35,36)37/h1-6,9-12H,7-8,13H2,(H,38,40). The lowest BCUT2D eigenvalue weighted by Gasteiger charge is -2.24. The predicted molar refractivity (Wildman–Crippen MR) is 132 cm³/mol. The lowest BCUT2D eigenvalue weighted by atomic mass is 9.93. The topological polar surface area (TPSA) is 60.3 Å². The monoisotopic (exact) mass is 600 g/mol. The van der Waals surface area contributed by atoms with Crippen LogP contribution in [0.4, 0.5) is 39.5 Å². The van der Waals surface area contributed by atoms with Gasteiger partial charge in [-0.2, -0.15) is 39.5 Å². The number of para-hydroxylation sites is 1. The molecule has 1 aromatic heterocycles. The minimum Gasteiger partial charge on any atom is -0.490 e. The van der Waals surface area contributed by atoms with Crippen LogP contribution < -0.4 is 15.6 Å².